The second-order valence-corrected chi connectivity index (χ2v) is 14.9. The SMILES string of the molecule is CCOC(=O)c1cn(Cc2ccc(-c3ccccc3)cc2)c2c(c1=O)C(O)CCC2.COC1CCCc2c1c(=O)c(C(=O)O)cn2Cc1ccc(-c2ccccc2)cc1. The number of hydrogen-bond donors (Lipinski definition) is 2. The fourth-order valence-corrected chi connectivity index (χ4v) is 8.17. The Morgan fingerprint density at radius 1 is 0.644 bits per heavy atom. The van der Waals surface area contributed by atoms with E-state index in [1.54, 1.807) is 20.2 Å². The smallest absolute Gasteiger partial charge is 0.343 e. The number of carbonyl (C=O) groups excluding carboxylic acids is 1. The van der Waals surface area contributed by atoms with Crippen molar-refractivity contribution < 1.29 is 29.3 Å². The molecule has 0 bridgehead atoms. The molecule has 2 aliphatic rings. The predicted molar refractivity (Wildman–Crippen MR) is 227 cm³/mol. The maximum Gasteiger partial charge on any atom is 0.343 e. The van der Waals surface area contributed by atoms with Crippen molar-refractivity contribution in [3.63, 3.8) is 0 Å². The second kappa shape index (κ2) is 18.5. The van der Waals surface area contributed by atoms with E-state index < -0.39 is 28.9 Å². The Morgan fingerprint density at radius 2 is 1.10 bits per heavy atom. The molecule has 10 nitrogen and oxygen atoms in total. The maximum absolute atomic E-state index is 12.9. The number of carboxylic acid groups (broad SMARTS) is 1. The van der Waals surface area contributed by atoms with Gasteiger partial charge in [0.1, 0.15) is 11.1 Å². The zero-order chi connectivity index (χ0) is 41.5. The van der Waals surface area contributed by atoms with Crippen LogP contribution < -0.4 is 10.9 Å². The third-order valence-electron chi connectivity index (χ3n) is 11.1. The maximum atomic E-state index is 12.9. The molecule has 2 unspecified atom stereocenters. The molecule has 59 heavy (non-hydrogen) atoms. The number of esters is 1. The van der Waals surface area contributed by atoms with Gasteiger partial charge in [0.25, 0.3) is 0 Å². The van der Waals surface area contributed by atoms with E-state index in [0.717, 1.165) is 70.5 Å². The summed E-state index contributed by atoms with van der Waals surface area (Å²) < 4.78 is 14.4. The van der Waals surface area contributed by atoms with Crippen LogP contribution in [0.2, 0.25) is 0 Å². The lowest BCUT2D eigenvalue weighted by atomic mass is 9.91. The predicted octanol–water partition coefficient (Wildman–Crippen LogP) is 8.40. The van der Waals surface area contributed by atoms with E-state index in [4.69, 9.17) is 9.47 Å². The molecule has 4 aromatic carbocycles. The minimum absolute atomic E-state index is 0.0162. The summed E-state index contributed by atoms with van der Waals surface area (Å²) in [6.45, 7) is 2.92. The first-order chi connectivity index (χ1) is 28.7. The summed E-state index contributed by atoms with van der Waals surface area (Å²) in [5.74, 6) is -1.84. The van der Waals surface area contributed by atoms with Crippen LogP contribution in [0.5, 0.6) is 0 Å². The number of pyridine rings is 2. The molecule has 0 radical (unpaired) electrons. The average molecular weight is 793 g/mol. The largest absolute Gasteiger partial charge is 0.477 e. The lowest BCUT2D eigenvalue weighted by molar-refractivity contribution is 0.0522. The van der Waals surface area contributed by atoms with E-state index in [0.29, 0.717) is 37.1 Å². The summed E-state index contributed by atoms with van der Waals surface area (Å²) >= 11 is 0. The number of fused-ring (bicyclic) bond motifs is 2. The normalized spacial score (nSPS) is 15.6. The first-order valence-corrected chi connectivity index (χ1v) is 20.1. The van der Waals surface area contributed by atoms with Crippen LogP contribution >= 0.6 is 0 Å². The highest BCUT2D eigenvalue weighted by Gasteiger charge is 2.30. The second-order valence-electron chi connectivity index (χ2n) is 14.9. The van der Waals surface area contributed by atoms with Crippen LogP contribution in [0.4, 0.5) is 0 Å². The van der Waals surface area contributed by atoms with Crippen LogP contribution in [-0.4, -0.2) is 45.0 Å². The number of rotatable bonds is 10. The van der Waals surface area contributed by atoms with Gasteiger partial charge in [0, 0.05) is 55.1 Å². The van der Waals surface area contributed by atoms with Gasteiger partial charge in [-0.1, -0.05) is 109 Å². The van der Waals surface area contributed by atoms with Gasteiger partial charge < -0.3 is 28.8 Å². The van der Waals surface area contributed by atoms with Crippen molar-refractivity contribution in [2.24, 2.45) is 0 Å². The Labute approximate surface area is 343 Å². The van der Waals surface area contributed by atoms with Crippen LogP contribution in [-0.2, 0) is 35.4 Å². The van der Waals surface area contributed by atoms with Gasteiger partial charge in [-0.05, 0) is 78.8 Å². The third-order valence-corrected chi connectivity index (χ3v) is 11.1. The van der Waals surface area contributed by atoms with Crippen molar-refractivity contribution in [2.45, 2.75) is 70.7 Å². The van der Waals surface area contributed by atoms with Crippen LogP contribution in [0, 0.1) is 0 Å². The highest BCUT2D eigenvalue weighted by atomic mass is 16.5. The Balaban J connectivity index is 0.000000179. The summed E-state index contributed by atoms with van der Waals surface area (Å²) in [5.41, 5.74) is 8.13. The highest BCUT2D eigenvalue weighted by molar-refractivity contribution is 5.89. The number of ether oxygens (including phenoxy) is 2. The zero-order valence-corrected chi connectivity index (χ0v) is 33.3. The molecule has 2 heterocycles. The first kappa shape index (κ1) is 40.8. The number of carboxylic acids is 1. The minimum Gasteiger partial charge on any atom is -0.477 e. The minimum atomic E-state index is -1.20. The molecule has 8 rings (SSSR count). The van der Waals surface area contributed by atoms with Gasteiger partial charge in [0.2, 0.25) is 10.9 Å². The molecule has 2 atom stereocenters. The van der Waals surface area contributed by atoms with Crippen LogP contribution in [0.3, 0.4) is 0 Å². The standard InChI is InChI=1S/C25H25NO4.C24H23NO4/c1-2-30-25(29)20-16-26(21-9-6-10-22(27)23(21)24(20)28)15-17-11-13-19(14-12-17)18-7-4-3-5-8-18;1-29-21-9-5-8-20-22(21)23(26)19(24(27)28)15-25(20)14-16-10-12-18(13-11-16)17-6-3-2-4-7-17/h3-5,7-8,11-14,16,22,27H,2,6,9-10,15H2,1H3;2-4,6-7,10-13,15,21H,5,8-9,14H2,1H3,(H,27,28). The molecular formula is C49H48N2O8. The molecule has 0 fully saturated rings. The Bertz CT molecular complexity index is 2540. The number of benzene rings is 4. The van der Waals surface area contributed by atoms with Gasteiger partial charge in [-0.25, -0.2) is 9.59 Å². The summed E-state index contributed by atoms with van der Waals surface area (Å²) in [6.07, 6.45) is 6.28. The zero-order valence-electron chi connectivity index (χ0n) is 33.3. The number of aromatic nitrogens is 2. The highest BCUT2D eigenvalue weighted by Crippen LogP contribution is 2.32. The molecule has 0 saturated carbocycles. The average Bonchev–Trinajstić information content (AvgIpc) is 3.26. The topological polar surface area (TPSA) is 137 Å². The molecule has 0 saturated heterocycles. The van der Waals surface area contributed by atoms with Crippen molar-refractivity contribution in [1.82, 2.24) is 9.13 Å². The number of carbonyl (C=O) groups is 2. The molecule has 2 aromatic heterocycles. The number of hydrogen-bond acceptors (Lipinski definition) is 7. The summed E-state index contributed by atoms with van der Waals surface area (Å²) in [6, 6.07) is 36.8. The van der Waals surface area contributed by atoms with Crippen LogP contribution in [0.25, 0.3) is 22.3 Å². The Hall–Kier alpha value is -6.36. The van der Waals surface area contributed by atoms with E-state index >= 15 is 0 Å². The van der Waals surface area contributed by atoms with Crippen LogP contribution in [0.1, 0.15) is 99.2 Å². The van der Waals surface area contributed by atoms with E-state index in [9.17, 15) is 29.4 Å². The molecule has 2 aliphatic carbocycles. The summed E-state index contributed by atoms with van der Waals surface area (Å²) in [7, 11) is 1.57. The Morgan fingerprint density at radius 3 is 1.59 bits per heavy atom. The van der Waals surface area contributed by atoms with Gasteiger partial charge in [0.05, 0.1) is 18.8 Å². The Kier molecular flexibility index (Phi) is 12.8. The molecule has 2 N–H and O–H groups in total. The van der Waals surface area contributed by atoms with E-state index in [2.05, 4.69) is 60.7 Å². The van der Waals surface area contributed by atoms with Crippen molar-refractivity contribution in [3.05, 3.63) is 187 Å². The molecule has 302 valence electrons. The fraction of sp³-hybridized carbons (Fsp3) is 0.265. The van der Waals surface area contributed by atoms with E-state index in [-0.39, 0.29) is 23.8 Å². The summed E-state index contributed by atoms with van der Waals surface area (Å²) in [4.78, 5) is 49.6. The molecule has 0 aliphatic heterocycles. The molecule has 6 aromatic rings. The van der Waals surface area contributed by atoms with Crippen molar-refractivity contribution in [3.8, 4) is 22.3 Å². The number of nitrogens with zero attached hydrogens (tertiary/aromatic N) is 2. The number of methoxy groups -OCH3 is 1. The van der Waals surface area contributed by atoms with Gasteiger partial charge in [-0.2, -0.15) is 0 Å². The molecule has 0 spiro atoms. The quantitative estimate of drug-likeness (QED) is 0.132. The number of aromatic carboxylic acids is 1. The van der Waals surface area contributed by atoms with E-state index in [1.807, 2.05) is 57.7 Å². The number of aliphatic hydroxyl groups is 1. The van der Waals surface area contributed by atoms with Crippen molar-refractivity contribution >= 4 is 11.9 Å². The third kappa shape index (κ3) is 9.04. The van der Waals surface area contributed by atoms with Crippen LogP contribution in [0.15, 0.2) is 131 Å². The van der Waals surface area contributed by atoms with E-state index in [1.165, 1.54) is 6.20 Å². The van der Waals surface area contributed by atoms with Crippen molar-refractivity contribution in [2.75, 3.05) is 13.7 Å². The lowest BCUT2D eigenvalue weighted by Crippen LogP contribution is -2.30. The molecule has 10 heteroatoms. The first-order valence-electron chi connectivity index (χ1n) is 20.1. The lowest BCUT2D eigenvalue weighted by Gasteiger charge is -2.27. The van der Waals surface area contributed by atoms with Gasteiger partial charge in [0.15, 0.2) is 0 Å². The molecule has 0 amide bonds. The van der Waals surface area contributed by atoms with Gasteiger partial charge >= 0.3 is 11.9 Å². The number of aliphatic hydroxyl groups excluding tert-OH is 1. The summed E-state index contributed by atoms with van der Waals surface area (Å²) in [5, 5.41) is 20.0. The fourth-order valence-electron chi connectivity index (χ4n) is 8.17. The monoisotopic (exact) mass is 792 g/mol. The molecular weight excluding hydrogens is 745 g/mol. The van der Waals surface area contributed by atoms with Gasteiger partial charge in [-0.15, -0.1) is 0 Å². The van der Waals surface area contributed by atoms with Crippen molar-refractivity contribution in [1.29, 1.82) is 0 Å². The van der Waals surface area contributed by atoms with Gasteiger partial charge in [-0.3, -0.25) is 9.59 Å².